The molecular formula is C9H15N3OS2. The van der Waals surface area contributed by atoms with Crippen molar-refractivity contribution >= 4 is 28.2 Å². The number of aromatic nitrogens is 2. The first-order valence-electron chi connectivity index (χ1n) is 5.14. The molecule has 0 amide bonds. The van der Waals surface area contributed by atoms with Crippen LogP contribution in [-0.2, 0) is 10.5 Å². The van der Waals surface area contributed by atoms with E-state index in [9.17, 15) is 0 Å². The maximum Gasteiger partial charge on any atom is 0.205 e. The summed E-state index contributed by atoms with van der Waals surface area (Å²) in [6.45, 7) is 4.90. The summed E-state index contributed by atoms with van der Waals surface area (Å²) in [5.41, 5.74) is 0. The van der Waals surface area contributed by atoms with E-state index in [1.807, 2.05) is 11.8 Å². The van der Waals surface area contributed by atoms with Crippen molar-refractivity contribution in [1.82, 2.24) is 10.2 Å². The monoisotopic (exact) mass is 245 g/mol. The van der Waals surface area contributed by atoms with Gasteiger partial charge in [-0.05, 0) is 6.42 Å². The zero-order valence-corrected chi connectivity index (χ0v) is 10.4. The summed E-state index contributed by atoms with van der Waals surface area (Å²) in [5.74, 6) is 0.958. The first kappa shape index (κ1) is 11.2. The maximum atomic E-state index is 5.12. The van der Waals surface area contributed by atoms with Crippen molar-refractivity contribution in [3.8, 4) is 0 Å². The van der Waals surface area contributed by atoms with Crippen LogP contribution in [0, 0.1) is 0 Å². The molecule has 15 heavy (non-hydrogen) atoms. The van der Waals surface area contributed by atoms with Crippen molar-refractivity contribution < 1.29 is 4.74 Å². The van der Waals surface area contributed by atoms with Crippen LogP contribution in [0.5, 0.6) is 0 Å². The average molecular weight is 245 g/mol. The Morgan fingerprint density at radius 2 is 2.40 bits per heavy atom. The third-order valence-electron chi connectivity index (χ3n) is 2.04. The van der Waals surface area contributed by atoms with Crippen molar-refractivity contribution in [2.75, 3.05) is 25.1 Å². The Kier molecular flexibility index (Phi) is 4.22. The predicted molar refractivity (Wildman–Crippen MR) is 64.6 cm³/mol. The number of rotatable bonds is 6. The van der Waals surface area contributed by atoms with Crippen LogP contribution in [0.15, 0.2) is 0 Å². The van der Waals surface area contributed by atoms with Crippen LogP contribution in [0.2, 0.25) is 0 Å². The van der Waals surface area contributed by atoms with E-state index in [0.717, 1.165) is 42.1 Å². The van der Waals surface area contributed by atoms with Crippen LogP contribution >= 0.6 is 23.1 Å². The fourth-order valence-corrected chi connectivity index (χ4v) is 2.94. The van der Waals surface area contributed by atoms with Gasteiger partial charge in [0.15, 0.2) is 0 Å². The highest BCUT2D eigenvalue weighted by atomic mass is 32.2. The van der Waals surface area contributed by atoms with Crippen LogP contribution in [0.3, 0.4) is 0 Å². The van der Waals surface area contributed by atoms with Crippen molar-refractivity contribution in [3.63, 3.8) is 0 Å². The highest BCUT2D eigenvalue weighted by Crippen LogP contribution is 2.26. The van der Waals surface area contributed by atoms with E-state index in [1.54, 1.807) is 11.3 Å². The molecule has 0 aromatic carbocycles. The van der Waals surface area contributed by atoms with Gasteiger partial charge in [-0.15, -0.1) is 22.0 Å². The predicted octanol–water partition coefficient (Wildman–Crippen LogP) is 1.99. The average Bonchev–Trinajstić information content (AvgIpc) is 2.60. The van der Waals surface area contributed by atoms with Gasteiger partial charge in [0.2, 0.25) is 5.13 Å². The molecule has 1 aromatic rings. The molecule has 1 fully saturated rings. The second-order valence-corrected chi connectivity index (χ2v) is 5.75. The van der Waals surface area contributed by atoms with Crippen LogP contribution in [0.25, 0.3) is 0 Å². The Morgan fingerprint density at radius 3 is 3.07 bits per heavy atom. The van der Waals surface area contributed by atoms with Gasteiger partial charge in [0, 0.05) is 12.3 Å². The largest absolute Gasteiger partial charge is 0.379 e. The van der Waals surface area contributed by atoms with Crippen LogP contribution in [0.1, 0.15) is 18.4 Å². The molecule has 0 saturated carbocycles. The summed E-state index contributed by atoms with van der Waals surface area (Å²) in [4.78, 5) is 0. The molecule has 1 aliphatic rings. The number of hydrogen-bond acceptors (Lipinski definition) is 6. The third-order valence-corrected chi connectivity index (χ3v) is 4.29. The highest BCUT2D eigenvalue weighted by Gasteiger charge is 2.19. The van der Waals surface area contributed by atoms with Crippen LogP contribution < -0.4 is 5.32 Å². The molecule has 0 spiro atoms. The van der Waals surface area contributed by atoms with Gasteiger partial charge in [-0.3, -0.25) is 0 Å². The first-order chi connectivity index (χ1) is 7.38. The Bertz CT molecular complexity index is 301. The minimum Gasteiger partial charge on any atom is -0.379 e. The molecule has 1 aromatic heterocycles. The molecular weight excluding hydrogens is 230 g/mol. The van der Waals surface area contributed by atoms with Gasteiger partial charge in [-0.1, -0.05) is 18.3 Å². The first-order valence-corrected chi connectivity index (χ1v) is 7.00. The standard InChI is InChI=1S/C9H15N3OS2/c1-2-3-10-9-12-11-8(15-9)6-14-7-4-13-5-7/h7H,2-6H2,1H3,(H,10,12). The van der Waals surface area contributed by atoms with Crippen molar-refractivity contribution in [2.45, 2.75) is 24.3 Å². The Labute approximate surface area is 97.8 Å². The fourth-order valence-electron chi connectivity index (χ4n) is 1.11. The van der Waals surface area contributed by atoms with Crippen molar-refractivity contribution in [2.24, 2.45) is 0 Å². The molecule has 1 N–H and O–H groups in total. The molecule has 84 valence electrons. The molecule has 4 nitrogen and oxygen atoms in total. The van der Waals surface area contributed by atoms with Crippen LogP contribution in [-0.4, -0.2) is 35.2 Å². The molecule has 2 heterocycles. The number of nitrogens with one attached hydrogen (secondary N) is 1. The number of anilines is 1. The summed E-state index contributed by atoms with van der Waals surface area (Å²) >= 11 is 3.56. The normalized spacial score (nSPS) is 16.3. The Balaban J connectivity index is 1.73. The molecule has 0 atom stereocenters. The number of hydrogen-bond donors (Lipinski definition) is 1. The SMILES string of the molecule is CCCNc1nnc(CSC2COC2)s1. The van der Waals surface area contributed by atoms with Gasteiger partial charge in [0.25, 0.3) is 0 Å². The van der Waals surface area contributed by atoms with E-state index < -0.39 is 0 Å². The molecule has 2 rings (SSSR count). The minimum atomic E-state index is 0.668. The smallest absolute Gasteiger partial charge is 0.205 e. The molecule has 1 saturated heterocycles. The number of thioether (sulfide) groups is 1. The summed E-state index contributed by atoms with van der Waals surface area (Å²) in [7, 11) is 0. The summed E-state index contributed by atoms with van der Waals surface area (Å²) in [6, 6.07) is 0. The van der Waals surface area contributed by atoms with E-state index in [1.165, 1.54) is 0 Å². The van der Waals surface area contributed by atoms with Crippen molar-refractivity contribution in [1.29, 1.82) is 0 Å². The lowest BCUT2D eigenvalue weighted by Crippen LogP contribution is -2.30. The summed E-state index contributed by atoms with van der Waals surface area (Å²) < 4.78 is 5.12. The van der Waals surface area contributed by atoms with Gasteiger partial charge in [0.1, 0.15) is 5.01 Å². The molecule has 0 aliphatic carbocycles. The van der Waals surface area contributed by atoms with E-state index in [-0.39, 0.29) is 0 Å². The second-order valence-electron chi connectivity index (χ2n) is 3.40. The number of nitrogens with zero attached hydrogens (tertiary/aromatic N) is 2. The topological polar surface area (TPSA) is 47.0 Å². The molecule has 0 bridgehead atoms. The van der Waals surface area contributed by atoms with Gasteiger partial charge < -0.3 is 10.1 Å². The summed E-state index contributed by atoms with van der Waals surface area (Å²) in [6.07, 6.45) is 1.11. The van der Waals surface area contributed by atoms with Gasteiger partial charge in [0.05, 0.1) is 18.5 Å². The minimum absolute atomic E-state index is 0.668. The maximum absolute atomic E-state index is 5.12. The quantitative estimate of drug-likeness (QED) is 0.830. The zero-order chi connectivity index (χ0) is 10.5. The third kappa shape index (κ3) is 3.32. The fraction of sp³-hybridized carbons (Fsp3) is 0.778. The lowest BCUT2D eigenvalue weighted by atomic mass is 10.4. The van der Waals surface area contributed by atoms with Crippen LogP contribution in [0.4, 0.5) is 5.13 Å². The lowest BCUT2D eigenvalue weighted by Gasteiger charge is -2.24. The summed E-state index contributed by atoms with van der Waals surface area (Å²) in [5, 5.41) is 14.2. The zero-order valence-electron chi connectivity index (χ0n) is 8.73. The van der Waals surface area contributed by atoms with E-state index in [2.05, 4.69) is 22.4 Å². The van der Waals surface area contributed by atoms with E-state index >= 15 is 0 Å². The number of ether oxygens (including phenoxy) is 1. The molecule has 6 heteroatoms. The second kappa shape index (κ2) is 5.67. The van der Waals surface area contributed by atoms with Crippen molar-refractivity contribution in [3.05, 3.63) is 5.01 Å². The Morgan fingerprint density at radius 1 is 1.53 bits per heavy atom. The van der Waals surface area contributed by atoms with E-state index in [4.69, 9.17) is 4.74 Å². The van der Waals surface area contributed by atoms with Gasteiger partial charge >= 0.3 is 0 Å². The molecule has 0 unspecified atom stereocenters. The Hall–Kier alpha value is -0.330. The highest BCUT2D eigenvalue weighted by molar-refractivity contribution is 7.99. The van der Waals surface area contributed by atoms with E-state index in [0.29, 0.717) is 5.25 Å². The molecule has 0 radical (unpaired) electrons. The molecule has 1 aliphatic heterocycles. The lowest BCUT2D eigenvalue weighted by molar-refractivity contribution is 0.0455. The van der Waals surface area contributed by atoms with Gasteiger partial charge in [-0.25, -0.2) is 0 Å². The van der Waals surface area contributed by atoms with Gasteiger partial charge in [-0.2, -0.15) is 0 Å².